The number of carbonyl (C=O) groups is 2. The molecule has 1 N–H and O–H groups in total. The number of hydrogen-bond acceptors (Lipinski definition) is 3. The molecule has 0 radical (unpaired) electrons. The number of hydrogen-bond donors (Lipinski definition) is 1. The summed E-state index contributed by atoms with van der Waals surface area (Å²) in [6, 6.07) is 0. The second kappa shape index (κ2) is 33.9. The lowest BCUT2D eigenvalue weighted by molar-refractivity contribution is -0.149. The molecule has 0 aromatic rings. The van der Waals surface area contributed by atoms with Crippen LogP contribution in [0, 0.1) is 0 Å². The van der Waals surface area contributed by atoms with Gasteiger partial charge in [0.15, 0.2) is 0 Å². The fraction of sp³-hybridized carbons (Fsp3) is 0.641. The Morgan fingerprint density at radius 1 is 0.535 bits per heavy atom. The molecule has 1 atom stereocenters. The predicted octanol–water partition coefficient (Wildman–Crippen LogP) is 11.9. The van der Waals surface area contributed by atoms with Crippen LogP contribution in [0.15, 0.2) is 72.9 Å². The van der Waals surface area contributed by atoms with Gasteiger partial charge in [0.25, 0.3) is 0 Å². The molecule has 1 unspecified atom stereocenters. The first kappa shape index (κ1) is 40.4. The summed E-state index contributed by atoms with van der Waals surface area (Å²) in [7, 11) is 0. The molecule has 0 aliphatic carbocycles. The molecule has 0 spiro atoms. The Balaban J connectivity index is 3.95. The van der Waals surface area contributed by atoms with Crippen LogP contribution in [0.4, 0.5) is 0 Å². The van der Waals surface area contributed by atoms with Crippen molar-refractivity contribution in [3.05, 3.63) is 72.9 Å². The van der Waals surface area contributed by atoms with E-state index in [9.17, 15) is 9.59 Å². The van der Waals surface area contributed by atoms with Crippen LogP contribution in [0.3, 0.4) is 0 Å². The molecule has 0 rings (SSSR count). The van der Waals surface area contributed by atoms with E-state index >= 15 is 0 Å². The summed E-state index contributed by atoms with van der Waals surface area (Å²) >= 11 is 0. The predicted molar refractivity (Wildman–Crippen MR) is 185 cm³/mol. The van der Waals surface area contributed by atoms with Crippen LogP contribution < -0.4 is 0 Å². The topological polar surface area (TPSA) is 63.6 Å². The van der Waals surface area contributed by atoms with Gasteiger partial charge < -0.3 is 9.84 Å². The molecule has 0 aromatic heterocycles. The van der Waals surface area contributed by atoms with Crippen molar-refractivity contribution in [1.82, 2.24) is 0 Å². The molecule has 244 valence electrons. The highest BCUT2D eigenvalue weighted by atomic mass is 16.5. The third-order valence-electron chi connectivity index (χ3n) is 7.21. The van der Waals surface area contributed by atoms with Gasteiger partial charge in [-0.1, -0.05) is 138 Å². The van der Waals surface area contributed by atoms with Crippen LogP contribution in [-0.4, -0.2) is 23.1 Å². The molecule has 0 amide bonds. The van der Waals surface area contributed by atoms with Gasteiger partial charge in [-0.05, 0) is 77.0 Å². The highest BCUT2D eigenvalue weighted by molar-refractivity contribution is 5.69. The summed E-state index contributed by atoms with van der Waals surface area (Å²) in [6.45, 7) is 4.36. The zero-order valence-electron chi connectivity index (χ0n) is 27.7. The first-order valence-electron chi connectivity index (χ1n) is 17.4. The Morgan fingerprint density at radius 2 is 0.953 bits per heavy atom. The minimum absolute atomic E-state index is 0.0559. The number of aliphatic carboxylic acids is 1. The van der Waals surface area contributed by atoms with Gasteiger partial charge in [-0.2, -0.15) is 0 Å². The summed E-state index contributed by atoms with van der Waals surface area (Å²) in [6.07, 6.45) is 48.0. The number of esters is 1. The number of unbranched alkanes of at least 4 members (excludes halogenated alkanes) is 9. The van der Waals surface area contributed by atoms with Crippen molar-refractivity contribution in [1.29, 1.82) is 0 Å². The van der Waals surface area contributed by atoms with Gasteiger partial charge in [0, 0.05) is 12.8 Å². The van der Waals surface area contributed by atoms with Crippen molar-refractivity contribution in [2.75, 3.05) is 0 Å². The lowest BCUT2D eigenvalue weighted by atomic mass is 10.0. The number of carboxylic acid groups (broad SMARTS) is 1. The molecule has 4 heteroatoms. The van der Waals surface area contributed by atoms with Gasteiger partial charge in [-0.25, -0.2) is 0 Å². The molecule has 0 bridgehead atoms. The molecule has 0 aliphatic rings. The van der Waals surface area contributed by atoms with Crippen LogP contribution in [0.1, 0.15) is 155 Å². The van der Waals surface area contributed by atoms with Crippen LogP contribution in [0.2, 0.25) is 0 Å². The maximum Gasteiger partial charge on any atom is 0.306 e. The number of ether oxygens (including phenoxy) is 1. The van der Waals surface area contributed by atoms with Gasteiger partial charge in [0.2, 0.25) is 0 Å². The second-order valence-corrected chi connectivity index (χ2v) is 11.3. The van der Waals surface area contributed by atoms with Gasteiger partial charge in [-0.3, -0.25) is 9.59 Å². The number of allylic oxidation sites excluding steroid dienone is 12. The van der Waals surface area contributed by atoms with E-state index in [0.717, 1.165) is 89.9 Å². The van der Waals surface area contributed by atoms with E-state index in [1.807, 2.05) is 0 Å². The Hall–Kier alpha value is -2.62. The molecular weight excluding hydrogens is 532 g/mol. The van der Waals surface area contributed by atoms with E-state index in [0.29, 0.717) is 12.8 Å². The van der Waals surface area contributed by atoms with Gasteiger partial charge in [0.05, 0.1) is 0 Å². The molecule has 0 aliphatic heterocycles. The van der Waals surface area contributed by atoms with E-state index < -0.39 is 5.97 Å². The first-order chi connectivity index (χ1) is 21.1. The largest absolute Gasteiger partial charge is 0.481 e. The van der Waals surface area contributed by atoms with Gasteiger partial charge in [0.1, 0.15) is 6.10 Å². The lowest BCUT2D eigenvalue weighted by Gasteiger charge is -2.18. The Bertz CT molecular complexity index is 815. The number of carboxylic acids is 1. The third-order valence-corrected chi connectivity index (χ3v) is 7.21. The maximum absolute atomic E-state index is 12.4. The van der Waals surface area contributed by atoms with Gasteiger partial charge in [-0.15, -0.1) is 0 Å². The van der Waals surface area contributed by atoms with E-state index in [1.54, 1.807) is 0 Å². The molecule has 0 saturated heterocycles. The van der Waals surface area contributed by atoms with Crippen molar-refractivity contribution >= 4 is 11.9 Å². The number of rotatable bonds is 30. The van der Waals surface area contributed by atoms with Crippen LogP contribution in [-0.2, 0) is 14.3 Å². The van der Waals surface area contributed by atoms with E-state index in [2.05, 4.69) is 86.8 Å². The van der Waals surface area contributed by atoms with E-state index in [-0.39, 0.29) is 12.1 Å². The Kier molecular flexibility index (Phi) is 31.8. The zero-order chi connectivity index (χ0) is 31.5. The van der Waals surface area contributed by atoms with Crippen LogP contribution >= 0.6 is 0 Å². The Morgan fingerprint density at radius 3 is 1.42 bits per heavy atom. The minimum Gasteiger partial charge on any atom is -0.481 e. The van der Waals surface area contributed by atoms with Crippen LogP contribution in [0.25, 0.3) is 0 Å². The summed E-state index contributed by atoms with van der Waals surface area (Å²) in [5, 5.41) is 8.69. The molecule has 0 aromatic carbocycles. The van der Waals surface area contributed by atoms with Crippen molar-refractivity contribution in [3.8, 4) is 0 Å². The first-order valence-corrected chi connectivity index (χ1v) is 17.4. The summed E-state index contributed by atoms with van der Waals surface area (Å²) in [4.78, 5) is 23.0. The summed E-state index contributed by atoms with van der Waals surface area (Å²) in [5.74, 6) is -0.759. The average molecular weight is 597 g/mol. The summed E-state index contributed by atoms with van der Waals surface area (Å²) < 4.78 is 5.87. The molecule has 4 nitrogen and oxygen atoms in total. The van der Waals surface area contributed by atoms with E-state index in [1.165, 1.54) is 38.5 Å². The second-order valence-electron chi connectivity index (χ2n) is 11.3. The zero-order valence-corrected chi connectivity index (χ0v) is 27.7. The van der Waals surface area contributed by atoms with Crippen molar-refractivity contribution in [2.45, 2.75) is 161 Å². The number of carbonyl (C=O) groups excluding carboxylic acids is 1. The summed E-state index contributed by atoms with van der Waals surface area (Å²) in [5.41, 5.74) is 0. The standard InChI is InChI=1S/C39H64O4/c1-3-5-7-8-9-10-11-12-13-14-15-16-17-18-19-20-25-28-32-36-39(42)43-37(33-29-6-4-2)34-30-26-23-21-22-24-27-31-35-38(40)41/h5,7,9-10,12-13,15-16,18-19,25,28,37H,3-4,6,8,11,14,17,20-24,26-27,29-36H2,1-2H3,(H,40,41)/b7-5-,10-9-,13-12-,16-15-,19-18-,28-25-. The smallest absolute Gasteiger partial charge is 0.306 e. The molecule has 43 heavy (non-hydrogen) atoms. The van der Waals surface area contributed by atoms with Crippen LogP contribution in [0.5, 0.6) is 0 Å². The van der Waals surface area contributed by atoms with Crippen molar-refractivity contribution < 1.29 is 19.4 Å². The SMILES string of the molecule is CC/C=C\C/C=C\C/C=C\C/C=C\C/C=C\C/C=C\CCC(=O)OC(CCCCC)CCCCCCCCCCC(=O)O. The third kappa shape index (κ3) is 33.7. The van der Waals surface area contributed by atoms with Crippen molar-refractivity contribution in [2.24, 2.45) is 0 Å². The average Bonchev–Trinajstić information content (AvgIpc) is 2.99. The molecule has 0 saturated carbocycles. The fourth-order valence-corrected chi connectivity index (χ4v) is 4.68. The van der Waals surface area contributed by atoms with E-state index in [4.69, 9.17) is 9.84 Å². The molecule has 0 heterocycles. The normalized spacial score (nSPS) is 13.2. The quantitative estimate of drug-likeness (QED) is 0.0509. The molecular formula is C39H64O4. The Labute approximate surface area is 265 Å². The molecule has 0 fully saturated rings. The van der Waals surface area contributed by atoms with Gasteiger partial charge >= 0.3 is 11.9 Å². The lowest BCUT2D eigenvalue weighted by Crippen LogP contribution is -2.18. The fourth-order valence-electron chi connectivity index (χ4n) is 4.68. The highest BCUT2D eigenvalue weighted by Crippen LogP contribution is 2.17. The minimum atomic E-state index is -0.692. The highest BCUT2D eigenvalue weighted by Gasteiger charge is 2.13. The maximum atomic E-state index is 12.4. The van der Waals surface area contributed by atoms with Crippen molar-refractivity contribution in [3.63, 3.8) is 0 Å². The monoisotopic (exact) mass is 596 g/mol.